The van der Waals surface area contributed by atoms with Crippen molar-refractivity contribution in [2.45, 2.75) is 101 Å². The van der Waals surface area contributed by atoms with Crippen LogP contribution < -0.4 is 15.4 Å². The van der Waals surface area contributed by atoms with E-state index in [2.05, 4.69) is 74.7 Å². The van der Waals surface area contributed by atoms with Gasteiger partial charge in [-0.3, -0.25) is 0 Å². The van der Waals surface area contributed by atoms with E-state index in [0.29, 0.717) is 11.8 Å². The first kappa shape index (κ1) is 33.0. The van der Waals surface area contributed by atoms with Crippen LogP contribution in [0.15, 0.2) is 36.4 Å². The van der Waals surface area contributed by atoms with Gasteiger partial charge in [-0.05, 0) is 53.1 Å². The highest BCUT2D eigenvalue weighted by atomic mass is 16.5. The van der Waals surface area contributed by atoms with Gasteiger partial charge in [0.1, 0.15) is 12.4 Å². The average Bonchev–Trinajstić information content (AvgIpc) is 3.37. The number of hydrogen-bond donors (Lipinski definition) is 2. The van der Waals surface area contributed by atoms with E-state index < -0.39 is 0 Å². The maximum atomic E-state index is 5.55. The summed E-state index contributed by atoms with van der Waals surface area (Å²) in [5, 5.41) is 6.70. The molecule has 2 aliphatic rings. The fraction of sp³-hybridized carbons (Fsp3) is 0.600. The minimum atomic E-state index is 0.566. The zero-order chi connectivity index (χ0) is 25.8. The second kappa shape index (κ2) is 20.4. The van der Waals surface area contributed by atoms with Crippen LogP contribution in [0.2, 0.25) is 0 Å². The molecule has 3 nitrogen and oxygen atoms in total. The molecule has 0 aliphatic carbocycles. The summed E-state index contributed by atoms with van der Waals surface area (Å²) >= 11 is 0. The van der Waals surface area contributed by atoms with Crippen molar-refractivity contribution in [3.05, 3.63) is 53.1 Å². The molecule has 0 bridgehead atoms. The first-order chi connectivity index (χ1) is 16.0. The Balaban J connectivity index is 0. The number of hydrogen-bond acceptors (Lipinski definition) is 3. The maximum Gasteiger partial charge on any atom is 0.142 e. The summed E-state index contributed by atoms with van der Waals surface area (Å²) in [5.74, 6) is 2.20. The summed E-state index contributed by atoms with van der Waals surface area (Å²) < 4.78 is 5.55. The highest BCUT2D eigenvalue weighted by Gasteiger charge is 2.11. The van der Waals surface area contributed by atoms with E-state index in [1.54, 1.807) is 0 Å². The molecule has 2 heterocycles. The van der Waals surface area contributed by atoms with Gasteiger partial charge in [0.15, 0.2) is 0 Å². The van der Waals surface area contributed by atoms with E-state index in [-0.39, 0.29) is 0 Å². The molecule has 2 N–H and O–H groups in total. The van der Waals surface area contributed by atoms with E-state index in [9.17, 15) is 0 Å². The third kappa shape index (κ3) is 11.5. The molecule has 0 unspecified atom stereocenters. The molecule has 0 fully saturated rings. The molecule has 2 aromatic carbocycles. The van der Waals surface area contributed by atoms with Crippen molar-refractivity contribution in [3.8, 4) is 5.75 Å². The molecule has 33 heavy (non-hydrogen) atoms. The minimum Gasteiger partial charge on any atom is -0.490 e. The average molecular weight is 459 g/mol. The summed E-state index contributed by atoms with van der Waals surface area (Å²) in [4.78, 5) is 0. The lowest BCUT2D eigenvalue weighted by atomic mass is 10.0. The summed E-state index contributed by atoms with van der Waals surface area (Å²) in [6, 6.07) is 13.2. The van der Waals surface area contributed by atoms with Crippen molar-refractivity contribution in [1.29, 1.82) is 0 Å². The zero-order valence-electron chi connectivity index (χ0n) is 23.9. The third-order valence-electron chi connectivity index (χ3n) is 4.86. The van der Waals surface area contributed by atoms with E-state index in [1.807, 2.05) is 55.4 Å². The van der Waals surface area contributed by atoms with Crippen molar-refractivity contribution in [1.82, 2.24) is 0 Å². The van der Waals surface area contributed by atoms with Gasteiger partial charge in [-0.15, -0.1) is 0 Å². The molecule has 2 aliphatic heterocycles. The predicted molar refractivity (Wildman–Crippen MR) is 153 cm³/mol. The fourth-order valence-electron chi connectivity index (χ4n) is 3.18. The van der Waals surface area contributed by atoms with Gasteiger partial charge in [0.05, 0.1) is 5.69 Å². The lowest BCUT2D eigenvalue weighted by molar-refractivity contribution is 0.323. The molecule has 0 saturated carbocycles. The largest absolute Gasteiger partial charge is 0.490 e. The number of benzene rings is 2. The van der Waals surface area contributed by atoms with Crippen LogP contribution in [0.5, 0.6) is 5.75 Å². The minimum absolute atomic E-state index is 0.566. The molecular weight excluding hydrogens is 404 g/mol. The number of fused-ring (bicyclic) bond motifs is 2. The SMILES string of the molecule is CC.CC.CC.CC.CC(C)c1ccc2c(c1)NCC2.CC(C)c1ccc2c(c1)OCCN2. The Hall–Kier alpha value is -2.16. The maximum absolute atomic E-state index is 5.55. The van der Waals surface area contributed by atoms with Gasteiger partial charge < -0.3 is 15.4 Å². The van der Waals surface area contributed by atoms with Gasteiger partial charge in [0.2, 0.25) is 0 Å². The van der Waals surface area contributed by atoms with Gasteiger partial charge in [0, 0.05) is 18.8 Å². The van der Waals surface area contributed by atoms with Crippen LogP contribution in [0.3, 0.4) is 0 Å². The van der Waals surface area contributed by atoms with Crippen LogP contribution >= 0.6 is 0 Å². The van der Waals surface area contributed by atoms with E-state index >= 15 is 0 Å². The van der Waals surface area contributed by atoms with E-state index in [0.717, 1.165) is 31.1 Å². The molecule has 0 amide bonds. The van der Waals surface area contributed by atoms with Gasteiger partial charge in [0.25, 0.3) is 0 Å². The predicted octanol–water partition coefficient (Wildman–Crippen LogP) is 9.50. The van der Waals surface area contributed by atoms with E-state index in [1.165, 1.54) is 28.8 Å². The molecule has 3 heteroatoms. The summed E-state index contributed by atoms with van der Waals surface area (Å²) in [7, 11) is 0. The van der Waals surface area contributed by atoms with Crippen LogP contribution in [-0.4, -0.2) is 19.7 Å². The highest BCUT2D eigenvalue weighted by molar-refractivity contribution is 5.59. The number of rotatable bonds is 2. The molecule has 2 aromatic rings. The van der Waals surface area contributed by atoms with Gasteiger partial charge in [-0.25, -0.2) is 0 Å². The number of nitrogens with one attached hydrogen (secondary N) is 2. The van der Waals surface area contributed by atoms with Crippen molar-refractivity contribution >= 4 is 11.4 Å². The third-order valence-corrected chi connectivity index (χ3v) is 4.86. The van der Waals surface area contributed by atoms with E-state index in [4.69, 9.17) is 4.74 Å². The Morgan fingerprint density at radius 2 is 1.15 bits per heavy atom. The molecule has 190 valence electrons. The molecule has 0 radical (unpaired) electrons. The second-order valence-electron chi connectivity index (χ2n) is 7.43. The van der Waals surface area contributed by atoms with Crippen LogP contribution in [-0.2, 0) is 6.42 Å². The van der Waals surface area contributed by atoms with Crippen LogP contribution in [0.4, 0.5) is 11.4 Å². The lowest BCUT2D eigenvalue weighted by Gasteiger charge is -2.20. The van der Waals surface area contributed by atoms with Gasteiger partial charge >= 0.3 is 0 Å². The van der Waals surface area contributed by atoms with Crippen LogP contribution in [0, 0.1) is 0 Å². The topological polar surface area (TPSA) is 33.3 Å². The van der Waals surface area contributed by atoms with Crippen LogP contribution in [0.25, 0.3) is 0 Å². The molecule has 0 spiro atoms. The lowest BCUT2D eigenvalue weighted by Crippen LogP contribution is -2.18. The molecule has 0 atom stereocenters. The summed E-state index contributed by atoms with van der Waals surface area (Å²) in [5.41, 5.74) is 6.71. The van der Waals surface area contributed by atoms with Crippen molar-refractivity contribution in [3.63, 3.8) is 0 Å². The highest BCUT2D eigenvalue weighted by Crippen LogP contribution is 2.30. The Labute approximate surface area is 206 Å². The number of anilines is 2. The molecule has 0 saturated heterocycles. The zero-order valence-corrected chi connectivity index (χ0v) is 23.9. The first-order valence-corrected chi connectivity index (χ1v) is 13.4. The Bertz CT molecular complexity index is 723. The smallest absolute Gasteiger partial charge is 0.142 e. The van der Waals surface area contributed by atoms with Crippen molar-refractivity contribution in [2.24, 2.45) is 0 Å². The normalized spacial score (nSPS) is 11.8. The molecular formula is C30H54N2O. The quantitative estimate of drug-likeness (QED) is 0.470. The number of ether oxygens (including phenoxy) is 1. The standard InChI is InChI=1S/C11H15NO.C11H15N.4C2H6/c1-8(2)9-3-4-10-11(7-9)13-6-5-12-10;1-8(2)10-4-3-9-5-6-12-11(9)7-10;4*1-2/h3-4,7-8,12H,5-6H2,1-2H3;3-4,7-8,12H,5-6H2,1-2H3;4*1-2H3. The molecule has 0 aromatic heterocycles. The Morgan fingerprint density at radius 3 is 1.73 bits per heavy atom. The second-order valence-corrected chi connectivity index (χ2v) is 7.43. The monoisotopic (exact) mass is 458 g/mol. The molecule has 4 rings (SSSR count). The Kier molecular flexibility index (Phi) is 20.5. The van der Waals surface area contributed by atoms with Gasteiger partial charge in [-0.1, -0.05) is 101 Å². The summed E-state index contributed by atoms with van der Waals surface area (Å²) in [6.45, 7) is 27.6. The van der Waals surface area contributed by atoms with Crippen molar-refractivity contribution in [2.75, 3.05) is 30.3 Å². The fourth-order valence-corrected chi connectivity index (χ4v) is 3.18. The van der Waals surface area contributed by atoms with Crippen molar-refractivity contribution < 1.29 is 4.74 Å². The summed E-state index contributed by atoms with van der Waals surface area (Å²) in [6.07, 6.45) is 1.19. The first-order valence-electron chi connectivity index (χ1n) is 13.4. The Morgan fingerprint density at radius 1 is 0.636 bits per heavy atom. The van der Waals surface area contributed by atoms with Gasteiger partial charge in [-0.2, -0.15) is 0 Å². The van der Waals surface area contributed by atoms with Crippen LogP contribution in [0.1, 0.15) is 112 Å².